The van der Waals surface area contributed by atoms with Gasteiger partial charge in [-0.2, -0.15) is 5.10 Å². The Balaban J connectivity index is 1.94. The van der Waals surface area contributed by atoms with Crippen molar-refractivity contribution in [3.8, 4) is 0 Å². The van der Waals surface area contributed by atoms with Crippen LogP contribution in [0.5, 0.6) is 0 Å². The van der Waals surface area contributed by atoms with E-state index in [2.05, 4.69) is 34.0 Å². The van der Waals surface area contributed by atoms with E-state index in [9.17, 15) is 0 Å². The van der Waals surface area contributed by atoms with E-state index in [0.29, 0.717) is 0 Å². The van der Waals surface area contributed by atoms with Crippen molar-refractivity contribution in [1.82, 2.24) is 9.78 Å². The van der Waals surface area contributed by atoms with Crippen molar-refractivity contribution in [2.75, 3.05) is 0 Å². The Bertz CT molecular complexity index is 566. The number of thiophene rings is 1. The maximum absolute atomic E-state index is 6.47. The fraction of sp³-hybridized carbons (Fsp3) is 0.500. The monoisotopic (exact) mass is 339 g/mol. The van der Waals surface area contributed by atoms with Crippen molar-refractivity contribution in [3.05, 3.63) is 37.7 Å². The summed E-state index contributed by atoms with van der Waals surface area (Å²) in [5, 5.41) is 4.41. The molecule has 2 heterocycles. The number of aromatic nitrogens is 2. The number of hydrogen-bond acceptors (Lipinski definition) is 3. The normalized spacial score (nSPS) is 15.7. The molecule has 1 atom stereocenters. The standard InChI is InChI=1S/C14H18BrN3S/c1-2-6-18-14(10(15)8-17-18)13(16)12-7-9-4-3-5-11(9)19-12/h7-8,13H,2-6,16H2,1H3. The van der Waals surface area contributed by atoms with Crippen LogP contribution in [0.15, 0.2) is 16.7 Å². The summed E-state index contributed by atoms with van der Waals surface area (Å²) in [6.07, 6.45) is 6.66. The van der Waals surface area contributed by atoms with Crippen LogP contribution in [0.4, 0.5) is 0 Å². The van der Waals surface area contributed by atoms with Crippen LogP contribution in [0.3, 0.4) is 0 Å². The Morgan fingerprint density at radius 3 is 3.11 bits per heavy atom. The quantitative estimate of drug-likeness (QED) is 0.923. The van der Waals surface area contributed by atoms with E-state index in [0.717, 1.165) is 23.1 Å². The molecule has 102 valence electrons. The smallest absolute Gasteiger partial charge is 0.0828 e. The van der Waals surface area contributed by atoms with Gasteiger partial charge in [-0.15, -0.1) is 11.3 Å². The summed E-state index contributed by atoms with van der Waals surface area (Å²) < 4.78 is 3.04. The van der Waals surface area contributed by atoms with Gasteiger partial charge < -0.3 is 5.73 Å². The minimum atomic E-state index is -0.0703. The Kier molecular flexibility index (Phi) is 3.78. The molecule has 1 aliphatic rings. The molecule has 2 aromatic heterocycles. The highest BCUT2D eigenvalue weighted by Gasteiger charge is 2.23. The summed E-state index contributed by atoms with van der Waals surface area (Å²) in [5.74, 6) is 0. The van der Waals surface area contributed by atoms with Crippen LogP contribution >= 0.6 is 27.3 Å². The molecule has 0 bridgehead atoms. The highest BCUT2D eigenvalue weighted by molar-refractivity contribution is 9.10. The van der Waals surface area contributed by atoms with E-state index < -0.39 is 0 Å². The van der Waals surface area contributed by atoms with Crippen LogP contribution in [0.1, 0.15) is 46.8 Å². The largest absolute Gasteiger partial charge is 0.318 e. The second-order valence-corrected chi connectivity index (χ2v) is 7.05. The maximum Gasteiger partial charge on any atom is 0.0828 e. The number of hydrogen-bond donors (Lipinski definition) is 1. The van der Waals surface area contributed by atoms with Crippen molar-refractivity contribution in [1.29, 1.82) is 0 Å². The zero-order valence-corrected chi connectivity index (χ0v) is 13.4. The first-order chi connectivity index (χ1) is 9.20. The fourth-order valence-electron chi connectivity index (χ4n) is 2.71. The second kappa shape index (κ2) is 5.38. The number of nitrogens with zero attached hydrogens (tertiary/aromatic N) is 2. The van der Waals surface area contributed by atoms with Gasteiger partial charge in [-0.1, -0.05) is 6.92 Å². The van der Waals surface area contributed by atoms with E-state index in [-0.39, 0.29) is 6.04 Å². The number of aryl methyl sites for hydroxylation is 3. The van der Waals surface area contributed by atoms with Gasteiger partial charge in [0.15, 0.2) is 0 Å². The average molecular weight is 340 g/mol. The average Bonchev–Trinajstić information content (AvgIpc) is 3.03. The Labute approximate surface area is 125 Å². The fourth-order valence-corrected chi connectivity index (χ4v) is 4.52. The van der Waals surface area contributed by atoms with Crippen LogP contribution in [-0.2, 0) is 19.4 Å². The van der Waals surface area contributed by atoms with Crippen molar-refractivity contribution < 1.29 is 0 Å². The van der Waals surface area contributed by atoms with Gasteiger partial charge in [0.2, 0.25) is 0 Å². The molecule has 1 aliphatic carbocycles. The van der Waals surface area contributed by atoms with Gasteiger partial charge in [-0.3, -0.25) is 4.68 Å². The predicted molar refractivity (Wildman–Crippen MR) is 82.6 cm³/mol. The lowest BCUT2D eigenvalue weighted by Gasteiger charge is -2.13. The minimum absolute atomic E-state index is 0.0703. The van der Waals surface area contributed by atoms with Gasteiger partial charge in [0.1, 0.15) is 0 Å². The van der Waals surface area contributed by atoms with Gasteiger partial charge in [0.05, 0.1) is 22.4 Å². The summed E-state index contributed by atoms with van der Waals surface area (Å²) in [6, 6.07) is 2.23. The highest BCUT2D eigenvalue weighted by Crippen LogP contribution is 2.36. The molecule has 0 fully saturated rings. The molecule has 0 aromatic carbocycles. The zero-order valence-electron chi connectivity index (χ0n) is 11.0. The summed E-state index contributed by atoms with van der Waals surface area (Å²) in [6.45, 7) is 3.07. The SMILES string of the molecule is CCCn1ncc(Br)c1C(N)c1cc2c(s1)CCC2. The van der Waals surface area contributed by atoms with Gasteiger partial charge in [0.25, 0.3) is 0 Å². The number of halogens is 1. The van der Waals surface area contributed by atoms with Crippen molar-refractivity contribution in [3.63, 3.8) is 0 Å². The zero-order chi connectivity index (χ0) is 13.4. The summed E-state index contributed by atoms with van der Waals surface area (Å²) in [4.78, 5) is 2.80. The second-order valence-electron chi connectivity index (χ2n) is 5.03. The summed E-state index contributed by atoms with van der Waals surface area (Å²) in [5.41, 5.74) is 9.08. The lowest BCUT2D eigenvalue weighted by atomic mass is 10.1. The van der Waals surface area contributed by atoms with Crippen molar-refractivity contribution in [2.24, 2.45) is 5.73 Å². The molecule has 0 saturated heterocycles. The van der Waals surface area contributed by atoms with Crippen LogP contribution < -0.4 is 5.73 Å². The van der Waals surface area contributed by atoms with Gasteiger partial charge in [-0.05, 0) is 53.2 Å². The molecule has 0 spiro atoms. The van der Waals surface area contributed by atoms with Crippen LogP contribution in [0.2, 0.25) is 0 Å². The number of fused-ring (bicyclic) bond motifs is 1. The highest BCUT2D eigenvalue weighted by atomic mass is 79.9. The third-order valence-corrected chi connectivity index (χ3v) is 5.57. The Morgan fingerprint density at radius 2 is 2.37 bits per heavy atom. The lowest BCUT2D eigenvalue weighted by Crippen LogP contribution is -2.17. The summed E-state index contributed by atoms with van der Waals surface area (Å²) in [7, 11) is 0. The molecule has 5 heteroatoms. The van der Waals surface area contributed by atoms with Crippen LogP contribution in [0.25, 0.3) is 0 Å². The predicted octanol–water partition coefficient (Wildman–Crippen LogP) is 3.65. The first kappa shape index (κ1) is 13.3. The van der Waals surface area contributed by atoms with Crippen molar-refractivity contribution in [2.45, 2.75) is 45.2 Å². The number of rotatable bonds is 4. The first-order valence-corrected chi connectivity index (χ1v) is 8.40. The van der Waals surface area contributed by atoms with Gasteiger partial charge >= 0.3 is 0 Å². The van der Waals surface area contributed by atoms with Crippen LogP contribution in [0, 0.1) is 0 Å². The van der Waals surface area contributed by atoms with Crippen molar-refractivity contribution >= 4 is 27.3 Å². The summed E-state index contributed by atoms with van der Waals surface area (Å²) >= 11 is 5.46. The molecule has 0 saturated carbocycles. The van der Waals surface area contributed by atoms with Gasteiger partial charge in [0, 0.05) is 16.3 Å². The van der Waals surface area contributed by atoms with Gasteiger partial charge in [-0.25, -0.2) is 0 Å². The molecule has 1 unspecified atom stereocenters. The van der Waals surface area contributed by atoms with E-state index >= 15 is 0 Å². The molecular formula is C14H18BrN3S. The topological polar surface area (TPSA) is 43.8 Å². The Morgan fingerprint density at radius 1 is 1.53 bits per heavy atom. The molecule has 3 rings (SSSR count). The maximum atomic E-state index is 6.47. The number of nitrogens with two attached hydrogens (primary N) is 1. The molecule has 0 aliphatic heterocycles. The Hall–Kier alpha value is -0.650. The van der Waals surface area contributed by atoms with E-state index in [4.69, 9.17) is 5.73 Å². The third kappa shape index (κ3) is 2.39. The molecule has 0 amide bonds. The molecule has 2 N–H and O–H groups in total. The molecule has 19 heavy (non-hydrogen) atoms. The molecular weight excluding hydrogens is 322 g/mol. The van der Waals surface area contributed by atoms with Crippen LogP contribution in [-0.4, -0.2) is 9.78 Å². The van der Waals surface area contributed by atoms with E-state index in [1.807, 2.05) is 22.2 Å². The molecule has 2 aromatic rings. The third-order valence-electron chi connectivity index (χ3n) is 3.64. The minimum Gasteiger partial charge on any atom is -0.318 e. The lowest BCUT2D eigenvalue weighted by molar-refractivity contribution is 0.560. The molecule has 3 nitrogen and oxygen atoms in total. The van der Waals surface area contributed by atoms with E-state index in [1.165, 1.54) is 34.6 Å². The van der Waals surface area contributed by atoms with E-state index in [1.54, 1.807) is 0 Å². The molecule has 0 radical (unpaired) electrons. The first-order valence-electron chi connectivity index (χ1n) is 6.79.